The maximum atomic E-state index is 11.6. The van der Waals surface area contributed by atoms with Crippen LogP contribution in [0.3, 0.4) is 0 Å². The molecule has 17 heavy (non-hydrogen) atoms. The van der Waals surface area contributed by atoms with E-state index in [1.807, 2.05) is 0 Å². The van der Waals surface area contributed by atoms with Crippen LogP contribution in [0.15, 0.2) is 0 Å². The number of hydrogen-bond donors (Lipinski definition) is 2. The number of carbonyl (C=O) groups excluding carboxylic acids is 2. The van der Waals surface area contributed by atoms with Crippen molar-refractivity contribution in [2.75, 3.05) is 13.2 Å². The standard InChI is InChI=1S/C10H15NO5S/c1-6(13)17-7-4-9(14)11(5-7)8(2-3-12)10(15)16/h7-8,12H,2-5H2,1H3,(H,15,16). The Kier molecular flexibility index (Phi) is 4.95. The molecule has 1 amide bonds. The highest BCUT2D eigenvalue weighted by Gasteiger charge is 2.38. The van der Waals surface area contributed by atoms with Crippen molar-refractivity contribution >= 4 is 28.8 Å². The number of rotatable bonds is 5. The van der Waals surface area contributed by atoms with Crippen molar-refractivity contribution in [2.45, 2.75) is 31.1 Å². The first-order valence-corrected chi connectivity index (χ1v) is 6.14. The van der Waals surface area contributed by atoms with Gasteiger partial charge in [-0.3, -0.25) is 9.59 Å². The molecule has 2 N–H and O–H groups in total. The van der Waals surface area contributed by atoms with E-state index in [1.165, 1.54) is 11.8 Å². The SMILES string of the molecule is CC(=O)SC1CC(=O)N(C(CCO)C(=O)O)C1. The lowest BCUT2D eigenvalue weighted by Gasteiger charge is -2.23. The second-order valence-corrected chi connectivity index (χ2v) is 5.33. The van der Waals surface area contributed by atoms with Gasteiger partial charge in [0.15, 0.2) is 5.12 Å². The van der Waals surface area contributed by atoms with Gasteiger partial charge >= 0.3 is 5.97 Å². The summed E-state index contributed by atoms with van der Waals surface area (Å²) in [6, 6.07) is -0.995. The molecule has 6 nitrogen and oxygen atoms in total. The van der Waals surface area contributed by atoms with Crippen LogP contribution in [0.1, 0.15) is 19.8 Å². The van der Waals surface area contributed by atoms with Gasteiger partial charge in [-0.25, -0.2) is 4.79 Å². The molecular weight excluding hydrogens is 246 g/mol. The molecule has 96 valence electrons. The minimum absolute atomic E-state index is 0.0124. The molecule has 1 rings (SSSR count). The summed E-state index contributed by atoms with van der Waals surface area (Å²) in [5.74, 6) is -1.40. The van der Waals surface area contributed by atoms with Crippen LogP contribution in [0.2, 0.25) is 0 Å². The van der Waals surface area contributed by atoms with Crippen LogP contribution in [-0.2, 0) is 14.4 Å². The van der Waals surface area contributed by atoms with Crippen LogP contribution in [0, 0.1) is 0 Å². The molecule has 1 aliphatic heterocycles. The molecule has 0 saturated carbocycles. The summed E-state index contributed by atoms with van der Waals surface area (Å²) in [5, 5.41) is 17.5. The Morgan fingerprint density at radius 1 is 1.59 bits per heavy atom. The minimum atomic E-state index is -1.12. The summed E-state index contributed by atoms with van der Waals surface area (Å²) in [5.41, 5.74) is 0. The second kappa shape index (κ2) is 6.02. The van der Waals surface area contributed by atoms with E-state index in [0.717, 1.165) is 11.8 Å². The van der Waals surface area contributed by atoms with E-state index in [9.17, 15) is 14.4 Å². The largest absolute Gasteiger partial charge is 0.480 e. The van der Waals surface area contributed by atoms with Crippen LogP contribution in [0.5, 0.6) is 0 Å². The van der Waals surface area contributed by atoms with Gasteiger partial charge in [0.1, 0.15) is 6.04 Å². The first kappa shape index (κ1) is 14.0. The first-order chi connectivity index (χ1) is 7.95. The topological polar surface area (TPSA) is 94.9 Å². The van der Waals surface area contributed by atoms with Gasteiger partial charge < -0.3 is 15.1 Å². The van der Waals surface area contributed by atoms with Crippen LogP contribution in [0.25, 0.3) is 0 Å². The normalized spacial score (nSPS) is 21.6. The number of carboxylic acids is 1. The van der Waals surface area contributed by atoms with E-state index in [0.29, 0.717) is 0 Å². The van der Waals surface area contributed by atoms with E-state index in [4.69, 9.17) is 10.2 Å². The molecule has 0 radical (unpaired) electrons. The third-order valence-corrected chi connectivity index (χ3v) is 3.50. The van der Waals surface area contributed by atoms with E-state index < -0.39 is 12.0 Å². The molecule has 2 unspecified atom stereocenters. The fourth-order valence-corrected chi connectivity index (χ4v) is 2.78. The molecule has 1 fully saturated rings. The summed E-state index contributed by atoms with van der Waals surface area (Å²) in [6.07, 6.45) is 0.192. The number of nitrogens with zero attached hydrogens (tertiary/aromatic N) is 1. The molecule has 0 bridgehead atoms. The van der Waals surface area contributed by atoms with Crippen molar-refractivity contribution < 1.29 is 24.6 Å². The van der Waals surface area contributed by atoms with Gasteiger partial charge in [-0.2, -0.15) is 0 Å². The monoisotopic (exact) mass is 261 g/mol. The van der Waals surface area contributed by atoms with Crippen LogP contribution in [-0.4, -0.2) is 56.5 Å². The van der Waals surface area contributed by atoms with E-state index >= 15 is 0 Å². The van der Waals surface area contributed by atoms with E-state index in [2.05, 4.69) is 0 Å². The molecular formula is C10H15NO5S. The van der Waals surface area contributed by atoms with E-state index in [-0.39, 0.29) is 42.3 Å². The number of aliphatic hydroxyl groups excluding tert-OH is 1. The Bertz CT molecular complexity index is 333. The average Bonchev–Trinajstić information content (AvgIpc) is 2.54. The Balaban J connectivity index is 2.67. The lowest BCUT2D eigenvalue weighted by molar-refractivity contribution is -0.148. The Morgan fingerprint density at radius 3 is 2.71 bits per heavy atom. The zero-order valence-corrected chi connectivity index (χ0v) is 10.3. The third kappa shape index (κ3) is 3.71. The lowest BCUT2D eigenvalue weighted by atomic mass is 10.2. The minimum Gasteiger partial charge on any atom is -0.480 e. The summed E-state index contributed by atoms with van der Waals surface area (Å²) in [4.78, 5) is 34.8. The van der Waals surface area contributed by atoms with Crippen molar-refractivity contribution in [3.05, 3.63) is 0 Å². The lowest BCUT2D eigenvalue weighted by Crippen LogP contribution is -2.43. The molecule has 0 aromatic rings. The number of carbonyl (C=O) groups is 3. The van der Waals surface area contributed by atoms with Gasteiger partial charge in [-0.1, -0.05) is 11.8 Å². The molecule has 1 saturated heterocycles. The summed E-state index contributed by atoms with van der Waals surface area (Å²) < 4.78 is 0. The number of hydrogen-bond acceptors (Lipinski definition) is 5. The molecule has 0 aliphatic carbocycles. The van der Waals surface area contributed by atoms with Gasteiger partial charge in [0.05, 0.1) is 0 Å². The van der Waals surface area contributed by atoms with Gasteiger partial charge in [0, 0.05) is 38.2 Å². The quantitative estimate of drug-likeness (QED) is 0.705. The fraction of sp³-hybridized carbons (Fsp3) is 0.700. The molecule has 2 atom stereocenters. The van der Waals surface area contributed by atoms with Crippen molar-refractivity contribution in [3.8, 4) is 0 Å². The number of thioether (sulfide) groups is 1. The highest BCUT2D eigenvalue weighted by atomic mass is 32.2. The highest BCUT2D eigenvalue weighted by Crippen LogP contribution is 2.26. The molecule has 1 aliphatic rings. The van der Waals surface area contributed by atoms with Crippen molar-refractivity contribution in [1.29, 1.82) is 0 Å². The van der Waals surface area contributed by atoms with E-state index in [1.54, 1.807) is 0 Å². The third-order valence-electron chi connectivity index (χ3n) is 2.52. The fourth-order valence-electron chi connectivity index (χ4n) is 1.85. The average molecular weight is 261 g/mol. The molecule has 1 heterocycles. The number of aliphatic carboxylic acids is 1. The maximum absolute atomic E-state index is 11.6. The van der Waals surface area contributed by atoms with Crippen molar-refractivity contribution in [3.63, 3.8) is 0 Å². The van der Waals surface area contributed by atoms with Crippen LogP contribution < -0.4 is 0 Å². The summed E-state index contributed by atoms with van der Waals surface area (Å²) in [6.45, 7) is 1.38. The Morgan fingerprint density at radius 2 is 2.24 bits per heavy atom. The predicted molar refractivity (Wildman–Crippen MR) is 61.5 cm³/mol. The molecule has 0 aromatic carbocycles. The van der Waals surface area contributed by atoms with Gasteiger partial charge in [-0.05, 0) is 0 Å². The second-order valence-electron chi connectivity index (χ2n) is 3.85. The first-order valence-electron chi connectivity index (χ1n) is 5.26. The highest BCUT2D eigenvalue weighted by molar-refractivity contribution is 8.14. The van der Waals surface area contributed by atoms with Crippen LogP contribution >= 0.6 is 11.8 Å². The molecule has 7 heteroatoms. The summed E-state index contributed by atoms with van der Waals surface area (Å²) >= 11 is 1.06. The molecule has 0 aromatic heterocycles. The zero-order chi connectivity index (χ0) is 13.0. The Labute approximate surface area is 103 Å². The predicted octanol–water partition coefficient (Wildman–Crippen LogP) is -0.297. The van der Waals surface area contributed by atoms with Crippen LogP contribution in [0.4, 0.5) is 0 Å². The zero-order valence-electron chi connectivity index (χ0n) is 9.46. The summed E-state index contributed by atoms with van der Waals surface area (Å²) in [7, 11) is 0. The van der Waals surface area contributed by atoms with Gasteiger partial charge in [0.2, 0.25) is 5.91 Å². The van der Waals surface area contributed by atoms with Gasteiger partial charge in [-0.15, -0.1) is 0 Å². The van der Waals surface area contributed by atoms with Crippen molar-refractivity contribution in [1.82, 2.24) is 4.90 Å². The number of aliphatic hydroxyl groups is 1. The smallest absolute Gasteiger partial charge is 0.326 e. The van der Waals surface area contributed by atoms with Gasteiger partial charge in [0.25, 0.3) is 0 Å². The maximum Gasteiger partial charge on any atom is 0.326 e. The van der Waals surface area contributed by atoms with Crippen molar-refractivity contribution in [2.24, 2.45) is 0 Å². The Hall–Kier alpha value is -1.08. The number of carboxylic acid groups (broad SMARTS) is 1. The number of likely N-dealkylation sites (tertiary alicyclic amines) is 1. The number of amides is 1. The molecule has 0 spiro atoms.